The lowest BCUT2D eigenvalue weighted by atomic mass is 10.2. The largest absolute Gasteiger partial charge is 0.376 e. The van der Waals surface area contributed by atoms with Gasteiger partial charge >= 0.3 is 0 Å². The molecule has 5 nitrogen and oxygen atoms in total. The van der Waals surface area contributed by atoms with Crippen LogP contribution in [0.5, 0.6) is 0 Å². The zero-order valence-electron chi connectivity index (χ0n) is 15.7. The van der Waals surface area contributed by atoms with E-state index in [0.717, 1.165) is 35.6 Å². The molecular formula is C20H21Cl2N3O2S. The Bertz CT molecular complexity index is 931. The molecule has 0 aliphatic carbocycles. The maximum absolute atomic E-state index is 12.6. The average Bonchev–Trinajstić information content (AvgIpc) is 3.25. The number of amides is 1. The molecule has 0 saturated carbocycles. The highest BCUT2D eigenvalue weighted by molar-refractivity contribution is 8.00. The third-order valence-corrected chi connectivity index (χ3v) is 6.59. The van der Waals surface area contributed by atoms with Crippen molar-refractivity contribution in [3.63, 3.8) is 0 Å². The van der Waals surface area contributed by atoms with Gasteiger partial charge in [-0.3, -0.25) is 4.79 Å². The van der Waals surface area contributed by atoms with E-state index in [2.05, 4.69) is 11.4 Å². The molecular weight excluding hydrogens is 417 g/mol. The second kappa shape index (κ2) is 9.23. The zero-order chi connectivity index (χ0) is 20.3. The Labute approximate surface area is 178 Å². The average molecular weight is 438 g/mol. The molecule has 1 aromatic heterocycles. The lowest BCUT2D eigenvalue weighted by Gasteiger charge is -2.17. The fraction of sp³-hybridized carbons (Fsp3) is 0.400. The molecule has 1 aliphatic rings. The van der Waals surface area contributed by atoms with Crippen LogP contribution in [0.1, 0.15) is 29.7 Å². The van der Waals surface area contributed by atoms with Crippen molar-refractivity contribution >= 4 is 46.7 Å². The predicted molar refractivity (Wildman–Crippen MR) is 113 cm³/mol. The topological polar surface area (TPSA) is 67.0 Å². The third kappa shape index (κ3) is 4.66. The van der Waals surface area contributed by atoms with Crippen LogP contribution in [0.25, 0.3) is 0 Å². The van der Waals surface area contributed by atoms with Crippen LogP contribution < -0.4 is 5.32 Å². The Morgan fingerprint density at radius 1 is 1.43 bits per heavy atom. The Kier molecular flexibility index (Phi) is 6.95. The quantitative estimate of drug-likeness (QED) is 0.630. The monoisotopic (exact) mass is 437 g/mol. The van der Waals surface area contributed by atoms with Gasteiger partial charge in [0.25, 0.3) is 0 Å². The number of nitrogens with zero attached hydrogens (tertiary/aromatic N) is 2. The Hall–Kier alpha value is -1.65. The van der Waals surface area contributed by atoms with Crippen LogP contribution in [0.2, 0.25) is 10.0 Å². The van der Waals surface area contributed by atoms with Gasteiger partial charge in [0.05, 0.1) is 29.0 Å². The van der Waals surface area contributed by atoms with E-state index < -0.39 is 0 Å². The van der Waals surface area contributed by atoms with Crippen molar-refractivity contribution in [1.82, 2.24) is 4.57 Å². The number of thioether (sulfide) groups is 1. The molecule has 8 heteroatoms. The number of hydrogen-bond donors (Lipinski definition) is 1. The van der Waals surface area contributed by atoms with Crippen LogP contribution in [0.15, 0.2) is 23.1 Å². The lowest BCUT2D eigenvalue weighted by molar-refractivity contribution is -0.113. The second-order valence-electron chi connectivity index (χ2n) is 6.70. The summed E-state index contributed by atoms with van der Waals surface area (Å²) in [5, 5.41) is 13.6. The number of nitriles is 1. The highest BCUT2D eigenvalue weighted by Crippen LogP contribution is 2.31. The summed E-state index contributed by atoms with van der Waals surface area (Å²) < 4.78 is 7.72. The van der Waals surface area contributed by atoms with Gasteiger partial charge < -0.3 is 14.6 Å². The number of benzene rings is 1. The first-order valence-electron chi connectivity index (χ1n) is 8.99. The van der Waals surface area contributed by atoms with E-state index in [1.165, 1.54) is 11.8 Å². The van der Waals surface area contributed by atoms with E-state index in [1.54, 1.807) is 18.2 Å². The number of ether oxygens (including phenoxy) is 1. The van der Waals surface area contributed by atoms with Crippen LogP contribution in [-0.4, -0.2) is 28.9 Å². The summed E-state index contributed by atoms with van der Waals surface area (Å²) >= 11 is 13.5. The summed E-state index contributed by atoms with van der Waals surface area (Å²) in [6.07, 6.45) is 2.12. The molecule has 1 saturated heterocycles. The van der Waals surface area contributed by atoms with Crippen molar-refractivity contribution in [2.24, 2.45) is 0 Å². The summed E-state index contributed by atoms with van der Waals surface area (Å²) in [6, 6.07) is 7.37. The van der Waals surface area contributed by atoms with Crippen molar-refractivity contribution in [2.45, 2.75) is 44.2 Å². The van der Waals surface area contributed by atoms with Gasteiger partial charge in [0.2, 0.25) is 5.91 Å². The standard InChI is InChI=1S/C20H21Cl2N3O2S/c1-12-13(2)25(10-15-4-3-7-27-15)20(16(12)9-23)24-19(26)11-28-18-8-14(21)5-6-17(18)22/h5-6,8,15H,3-4,7,10-11H2,1-2H3,(H,24,26). The number of carbonyl (C=O) groups is 1. The molecule has 2 heterocycles. The van der Waals surface area contributed by atoms with Crippen molar-refractivity contribution in [3.05, 3.63) is 45.1 Å². The molecule has 1 fully saturated rings. The van der Waals surface area contributed by atoms with Gasteiger partial charge in [0.15, 0.2) is 0 Å². The first-order chi connectivity index (χ1) is 13.4. The van der Waals surface area contributed by atoms with E-state index in [9.17, 15) is 10.1 Å². The van der Waals surface area contributed by atoms with Crippen molar-refractivity contribution < 1.29 is 9.53 Å². The number of carbonyl (C=O) groups excluding carboxylic acids is 1. The number of nitrogens with one attached hydrogen (secondary N) is 1. The molecule has 28 heavy (non-hydrogen) atoms. The highest BCUT2D eigenvalue weighted by Gasteiger charge is 2.24. The molecule has 1 unspecified atom stereocenters. The smallest absolute Gasteiger partial charge is 0.235 e. The summed E-state index contributed by atoms with van der Waals surface area (Å²) in [4.78, 5) is 13.3. The molecule has 1 aliphatic heterocycles. The molecule has 0 bridgehead atoms. The zero-order valence-corrected chi connectivity index (χ0v) is 18.0. The minimum Gasteiger partial charge on any atom is -0.376 e. The normalized spacial score (nSPS) is 16.2. The molecule has 1 atom stereocenters. The molecule has 1 aromatic carbocycles. The van der Waals surface area contributed by atoms with Gasteiger partial charge in [-0.1, -0.05) is 23.2 Å². The van der Waals surface area contributed by atoms with E-state index in [4.69, 9.17) is 27.9 Å². The van der Waals surface area contributed by atoms with Crippen LogP contribution in [0.3, 0.4) is 0 Å². The minimum atomic E-state index is -0.205. The Morgan fingerprint density at radius 2 is 2.21 bits per heavy atom. The summed E-state index contributed by atoms with van der Waals surface area (Å²) in [5.41, 5.74) is 2.34. The van der Waals surface area contributed by atoms with Crippen LogP contribution in [0.4, 0.5) is 5.82 Å². The number of aromatic nitrogens is 1. The van der Waals surface area contributed by atoms with Gasteiger partial charge in [-0.05, 0) is 50.5 Å². The van der Waals surface area contributed by atoms with E-state index >= 15 is 0 Å². The maximum Gasteiger partial charge on any atom is 0.235 e. The summed E-state index contributed by atoms with van der Waals surface area (Å²) in [5.74, 6) is 0.494. The number of halogens is 2. The summed E-state index contributed by atoms with van der Waals surface area (Å²) in [6.45, 7) is 5.24. The van der Waals surface area contributed by atoms with Crippen LogP contribution in [-0.2, 0) is 16.1 Å². The fourth-order valence-electron chi connectivity index (χ4n) is 3.25. The van der Waals surface area contributed by atoms with E-state index in [0.29, 0.717) is 28.0 Å². The van der Waals surface area contributed by atoms with Gasteiger partial charge in [0, 0.05) is 22.2 Å². The van der Waals surface area contributed by atoms with E-state index in [1.807, 2.05) is 18.4 Å². The first-order valence-corrected chi connectivity index (χ1v) is 10.7. The summed E-state index contributed by atoms with van der Waals surface area (Å²) in [7, 11) is 0. The maximum atomic E-state index is 12.6. The first kappa shape index (κ1) is 21.1. The molecule has 1 amide bonds. The molecule has 0 radical (unpaired) electrons. The molecule has 148 valence electrons. The Morgan fingerprint density at radius 3 is 2.89 bits per heavy atom. The number of hydrogen-bond acceptors (Lipinski definition) is 4. The lowest BCUT2D eigenvalue weighted by Crippen LogP contribution is -2.22. The highest BCUT2D eigenvalue weighted by atomic mass is 35.5. The van der Waals surface area contributed by atoms with Gasteiger partial charge in [-0.2, -0.15) is 5.26 Å². The van der Waals surface area contributed by atoms with Crippen LogP contribution in [0, 0.1) is 25.2 Å². The van der Waals surface area contributed by atoms with Gasteiger partial charge in [-0.15, -0.1) is 11.8 Å². The van der Waals surface area contributed by atoms with Gasteiger partial charge in [-0.25, -0.2) is 0 Å². The van der Waals surface area contributed by atoms with Crippen molar-refractivity contribution in [3.8, 4) is 6.07 Å². The SMILES string of the molecule is Cc1c(C#N)c(NC(=O)CSc2cc(Cl)ccc2Cl)n(CC2CCCO2)c1C. The fourth-order valence-corrected chi connectivity index (χ4v) is 4.54. The predicted octanol–water partition coefficient (Wildman–Crippen LogP) is 5.19. The van der Waals surface area contributed by atoms with Crippen LogP contribution >= 0.6 is 35.0 Å². The molecule has 3 rings (SSSR count). The number of rotatable bonds is 6. The third-order valence-electron chi connectivity index (χ3n) is 4.86. The number of anilines is 1. The van der Waals surface area contributed by atoms with E-state index in [-0.39, 0.29) is 17.8 Å². The van der Waals surface area contributed by atoms with Crippen molar-refractivity contribution in [2.75, 3.05) is 17.7 Å². The minimum absolute atomic E-state index is 0.104. The second-order valence-corrected chi connectivity index (χ2v) is 8.56. The Balaban J connectivity index is 1.76. The molecule has 0 spiro atoms. The van der Waals surface area contributed by atoms with Crippen molar-refractivity contribution in [1.29, 1.82) is 5.26 Å². The molecule has 2 aromatic rings. The van der Waals surface area contributed by atoms with Gasteiger partial charge in [0.1, 0.15) is 11.9 Å². The molecule has 1 N–H and O–H groups in total.